The van der Waals surface area contributed by atoms with Gasteiger partial charge in [-0.1, -0.05) is 64.1 Å². The summed E-state index contributed by atoms with van der Waals surface area (Å²) in [6, 6.07) is 9.68. The molecule has 2 rings (SSSR count). The summed E-state index contributed by atoms with van der Waals surface area (Å²) >= 11 is 1.49. The highest BCUT2D eigenvalue weighted by Crippen LogP contribution is 2.14. The number of methoxy groups -OCH3 is 2. The number of nitrogens with zero attached hydrogens (tertiary/aromatic N) is 1. The Labute approximate surface area is 287 Å². The fraction of sp³-hybridized carbons (Fsp3) is 0.576. The van der Waals surface area contributed by atoms with Crippen molar-refractivity contribution in [3.63, 3.8) is 0 Å². The Morgan fingerprint density at radius 3 is 1.85 bits per heavy atom. The lowest BCUT2D eigenvalue weighted by Gasteiger charge is -2.33. The minimum Gasteiger partial charge on any atom is -0.390 e. The predicted octanol–water partition coefficient (Wildman–Crippen LogP) is 1.61. The molecule has 0 saturated carbocycles. The van der Waals surface area contributed by atoms with Crippen LogP contribution in [0.3, 0.4) is 0 Å². The molecule has 1 aromatic carbocycles. The number of thiophene rings is 1. The van der Waals surface area contributed by atoms with E-state index in [0.717, 1.165) is 10.4 Å². The minimum absolute atomic E-state index is 0.0520. The van der Waals surface area contributed by atoms with Crippen molar-refractivity contribution >= 4 is 35.2 Å². The number of benzene rings is 1. The number of aliphatic hydroxyl groups is 1. The van der Waals surface area contributed by atoms with Crippen LogP contribution in [0.4, 0.5) is 9.59 Å². The van der Waals surface area contributed by atoms with Crippen LogP contribution in [0.25, 0.3) is 0 Å². The van der Waals surface area contributed by atoms with Gasteiger partial charge in [-0.25, -0.2) is 14.6 Å². The molecule has 1 aromatic heterocycles. The van der Waals surface area contributed by atoms with E-state index in [1.807, 2.05) is 75.5 Å². The van der Waals surface area contributed by atoms with Crippen LogP contribution >= 0.6 is 11.3 Å². The lowest BCUT2D eigenvalue weighted by Crippen LogP contribution is -2.60. The van der Waals surface area contributed by atoms with Crippen molar-refractivity contribution in [3.8, 4) is 0 Å². The molecule has 0 aliphatic heterocycles. The first-order chi connectivity index (χ1) is 22.9. The predicted molar refractivity (Wildman–Crippen MR) is 185 cm³/mol. The van der Waals surface area contributed by atoms with Gasteiger partial charge in [-0.15, -0.1) is 11.3 Å². The van der Waals surface area contributed by atoms with Crippen LogP contribution in [-0.4, -0.2) is 105 Å². The molecule has 268 valence electrons. The molecule has 2 unspecified atom stereocenters. The summed E-state index contributed by atoms with van der Waals surface area (Å²) in [5.41, 5.74) is 3.77. The van der Waals surface area contributed by atoms with E-state index in [9.17, 15) is 24.3 Å². The van der Waals surface area contributed by atoms with Crippen LogP contribution in [0.1, 0.15) is 38.1 Å². The van der Waals surface area contributed by atoms with Gasteiger partial charge in [0.1, 0.15) is 12.1 Å². The van der Waals surface area contributed by atoms with Crippen molar-refractivity contribution in [2.45, 2.75) is 64.9 Å². The maximum absolute atomic E-state index is 13.6. The SMILES string of the molecule is COCCNC(=O)N[C@H](C(=O)NC(Cc1ccccc1)C(O)CN(Cc1cccs1)NC(=O)[C@@H](NC(=O)NCCOC)C(C)C)C(C)C. The molecule has 15 heteroatoms. The fourth-order valence-electron chi connectivity index (χ4n) is 4.73. The lowest BCUT2D eigenvalue weighted by molar-refractivity contribution is -0.131. The lowest BCUT2D eigenvalue weighted by atomic mass is 9.98. The summed E-state index contributed by atoms with van der Waals surface area (Å²) in [4.78, 5) is 53.1. The number of aliphatic hydroxyl groups excluding tert-OH is 1. The van der Waals surface area contributed by atoms with E-state index < -0.39 is 48.1 Å². The Kier molecular flexibility index (Phi) is 18.5. The van der Waals surface area contributed by atoms with Crippen molar-refractivity contribution < 1.29 is 33.8 Å². The third-order valence-corrected chi connectivity index (χ3v) is 8.21. The van der Waals surface area contributed by atoms with Gasteiger partial charge in [-0.3, -0.25) is 15.0 Å². The Morgan fingerprint density at radius 2 is 1.35 bits per heavy atom. The molecule has 14 nitrogen and oxygen atoms in total. The van der Waals surface area contributed by atoms with Crippen molar-refractivity contribution in [3.05, 3.63) is 58.3 Å². The monoisotopic (exact) mass is 691 g/mol. The van der Waals surface area contributed by atoms with Crippen molar-refractivity contribution in [2.24, 2.45) is 11.8 Å². The van der Waals surface area contributed by atoms with E-state index in [2.05, 4.69) is 32.0 Å². The molecule has 4 atom stereocenters. The zero-order valence-corrected chi connectivity index (χ0v) is 29.6. The summed E-state index contributed by atoms with van der Waals surface area (Å²) in [5.74, 6) is -1.41. The molecular formula is C33H53N7O7S. The fourth-order valence-corrected chi connectivity index (χ4v) is 5.45. The highest BCUT2D eigenvalue weighted by molar-refractivity contribution is 7.09. The minimum atomic E-state index is -1.15. The summed E-state index contributed by atoms with van der Waals surface area (Å²) in [5, 5.41) is 28.9. The van der Waals surface area contributed by atoms with Gasteiger partial charge < -0.3 is 41.2 Å². The number of amides is 6. The van der Waals surface area contributed by atoms with Gasteiger partial charge in [0.25, 0.3) is 5.91 Å². The van der Waals surface area contributed by atoms with Crippen LogP contribution < -0.4 is 32.0 Å². The zero-order valence-electron chi connectivity index (χ0n) is 28.8. The number of rotatable bonds is 21. The Bertz CT molecular complexity index is 1230. The molecule has 6 amide bonds. The smallest absolute Gasteiger partial charge is 0.315 e. The number of carbonyl (C=O) groups is 4. The maximum Gasteiger partial charge on any atom is 0.315 e. The number of urea groups is 2. The largest absolute Gasteiger partial charge is 0.390 e. The molecule has 7 N–H and O–H groups in total. The molecule has 0 aliphatic rings. The molecule has 0 radical (unpaired) electrons. The van der Waals surface area contributed by atoms with Crippen LogP contribution in [0, 0.1) is 11.8 Å². The Morgan fingerprint density at radius 1 is 0.792 bits per heavy atom. The first kappa shape index (κ1) is 40.4. The van der Waals surface area contributed by atoms with E-state index in [-0.39, 0.29) is 44.4 Å². The van der Waals surface area contributed by atoms with Gasteiger partial charge in [0.05, 0.1) is 31.9 Å². The van der Waals surface area contributed by atoms with Crippen LogP contribution in [-0.2, 0) is 32.0 Å². The van der Waals surface area contributed by atoms with Crippen LogP contribution in [0.5, 0.6) is 0 Å². The van der Waals surface area contributed by atoms with Gasteiger partial charge in [0, 0.05) is 38.7 Å². The quantitative estimate of drug-likeness (QED) is 0.0762. The third kappa shape index (κ3) is 15.0. The summed E-state index contributed by atoms with van der Waals surface area (Å²) in [7, 11) is 3.05. The van der Waals surface area contributed by atoms with E-state index in [1.54, 1.807) is 5.01 Å². The van der Waals surface area contributed by atoms with E-state index in [0.29, 0.717) is 13.2 Å². The highest BCUT2D eigenvalue weighted by Gasteiger charge is 2.32. The molecule has 0 fully saturated rings. The van der Waals surface area contributed by atoms with Gasteiger partial charge >= 0.3 is 12.1 Å². The molecule has 1 heterocycles. The van der Waals surface area contributed by atoms with Gasteiger partial charge in [-0.05, 0) is 35.3 Å². The number of hydrogen-bond acceptors (Lipinski definition) is 9. The maximum atomic E-state index is 13.6. The topological polar surface area (TPSA) is 182 Å². The molecular weight excluding hydrogens is 638 g/mol. The summed E-state index contributed by atoms with van der Waals surface area (Å²) < 4.78 is 9.94. The number of hydrogen-bond donors (Lipinski definition) is 7. The van der Waals surface area contributed by atoms with Crippen LogP contribution in [0.2, 0.25) is 0 Å². The molecule has 48 heavy (non-hydrogen) atoms. The van der Waals surface area contributed by atoms with Crippen molar-refractivity contribution in [1.29, 1.82) is 0 Å². The van der Waals surface area contributed by atoms with Crippen LogP contribution in [0.15, 0.2) is 47.8 Å². The average molecular weight is 692 g/mol. The molecule has 0 aliphatic carbocycles. The zero-order chi connectivity index (χ0) is 35.5. The standard InChI is InChI=1S/C33H53N7O7S/c1-22(2)28(37-32(44)34-14-16-46-5)30(42)36-26(19-24-11-8-7-9-12-24)27(41)21-40(20-25-13-10-18-48-25)39-31(43)29(23(3)4)38-33(45)35-15-17-47-6/h7-13,18,22-23,26-29,41H,14-17,19-21H2,1-6H3,(H,36,42)(H,39,43)(H2,34,37,44)(H2,35,38,45)/t26?,27?,28-,29-/m0/s1. The van der Waals surface area contributed by atoms with Gasteiger partial charge in [0.2, 0.25) is 5.91 Å². The second-order valence-electron chi connectivity index (χ2n) is 12.0. The van der Waals surface area contributed by atoms with Crippen molar-refractivity contribution in [2.75, 3.05) is 47.1 Å². The van der Waals surface area contributed by atoms with E-state index >= 15 is 0 Å². The Balaban J connectivity index is 2.27. The highest BCUT2D eigenvalue weighted by atomic mass is 32.1. The van der Waals surface area contributed by atoms with Gasteiger partial charge in [-0.2, -0.15) is 0 Å². The Hall–Kier alpha value is -3.76. The third-order valence-electron chi connectivity index (χ3n) is 7.35. The van der Waals surface area contributed by atoms with Crippen molar-refractivity contribution in [1.82, 2.24) is 37.0 Å². The summed E-state index contributed by atoms with van der Waals surface area (Å²) in [6.07, 6.45) is -0.863. The molecule has 0 saturated heterocycles. The average Bonchev–Trinajstić information content (AvgIpc) is 3.55. The first-order valence-electron chi connectivity index (χ1n) is 16.1. The number of hydrazine groups is 1. The number of ether oxygens (including phenoxy) is 2. The molecule has 0 bridgehead atoms. The summed E-state index contributed by atoms with van der Waals surface area (Å²) in [6.45, 7) is 8.71. The number of nitrogens with one attached hydrogen (secondary N) is 6. The van der Waals surface area contributed by atoms with E-state index in [4.69, 9.17) is 9.47 Å². The normalized spacial score (nSPS) is 13.8. The van der Waals surface area contributed by atoms with E-state index in [1.165, 1.54) is 25.6 Å². The second kappa shape index (κ2) is 22.0. The second-order valence-corrected chi connectivity index (χ2v) is 13.1. The number of carbonyl (C=O) groups excluding carboxylic acids is 4. The molecule has 0 spiro atoms. The first-order valence-corrected chi connectivity index (χ1v) is 17.0. The van der Waals surface area contributed by atoms with Gasteiger partial charge in [0.15, 0.2) is 0 Å². The molecule has 2 aromatic rings.